The molecule has 0 saturated carbocycles. The Hall–Kier alpha value is -4.00. The van der Waals surface area contributed by atoms with Gasteiger partial charge in [-0.15, -0.1) is 0 Å². The van der Waals surface area contributed by atoms with Crippen molar-refractivity contribution < 1.29 is 9.53 Å². The van der Waals surface area contributed by atoms with Crippen LogP contribution in [0.25, 0.3) is 22.3 Å². The number of fused-ring (bicyclic) bond motifs is 1. The number of benzene rings is 2. The van der Waals surface area contributed by atoms with E-state index in [1.165, 1.54) is 0 Å². The molecule has 0 radical (unpaired) electrons. The van der Waals surface area contributed by atoms with Crippen LogP contribution in [0.15, 0.2) is 60.8 Å². The number of nitrogens with one attached hydrogen (secondary N) is 2. The number of hydrogen-bond acceptors (Lipinski definition) is 6. The molecule has 0 aliphatic rings. The van der Waals surface area contributed by atoms with Crippen LogP contribution in [0.4, 0.5) is 11.5 Å². The van der Waals surface area contributed by atoms with Gasteiger partial charge in [0.05, 0.1) is 23.9 Å². The number of para-hydroxylation sites is 1. The van der Waals surface area contributed by atoms with Gasteiger partial charge in [-0.2, -0.15) is 0 Å². The molecule has 7 heteroatoms. The van der Waals surface area contributed by atoms with Crippen LogP contribution in [0.3, 0.4) is 0 Å². The summed E-state index contributed by atoms with van der Waals surface area (Å²) >= 11 is 0. The van der Waals surface area contributed by atoms with Crippen molar-refractivity contribution in [2.24, 2.45) is 0 Å². The highest BCUT2D eigenvalue weighted by Gasteiger charge is 2.15. The van der Waals surface area contributed by atoms with Crippen LogP contribution < -0.4 is 15.4 Å². The molecule has 2 aromatic carbocycles. The number of ether oxygens (including phenoxy) is 1. The lowest BCUT2D eigenvalue weighted by Gasteiger charge is -2.14. The normalized spacial score (nSPS) is 10.6. The Balaban J connectivity index is 1.88. The first kappa shape index (κ1) is 19.3. The molecular formula is C23H21N5O2. The quantitative estimate of drug-likeness (QED) is 0.525. The average Bonchev–Trinajstić information content (AvgIpc) is 2.79. The monoisotopic (exact) mass is 399 g/mol. The molecule has 150 valence electrons. The fourth-order valence-electron chi connectivity index (χ4n) is 3.11. The van der Waals surface area contributed by atoms with E-state index in [9.17, 15) is 4.79 Å². The molecule has 0 unspecified atom stereocenters. The summed E-state index contributed by atoms with van der Waals surface area (Å²) in [5, 5.41) is 6.76. The predicted octanol–water partition coefficient (Wildman–Crippen LogP) is 4.11. The van der Waals surface area contributed by atoms with Gasteiger partial charge in [-0.1, -0.05) is 12.1 Å². The molecule has 0 saturated heterocycles. The van der Waals surface area contributed by atoms with Crippen molar-refractivity contribution in [2.75, 3.05) is 19.5 Å². The van der Waals surface area contributed by atoms with E-state index >= 15 is 0 Å². The molecule has 0 fully saturated rings. The van der Waals surface area contributed by atoms with Crippen molar-refractivity contribution in [1.29, 1.82) is 0 Å². The first-order chi connectivity index (χ1) is 14.6. The number of carbonyl (C=O) groups is 1. The summed E-state index contributed by atoms with van der Waals surface area (Å²) < 4.78 is 5.38. The molecule has 30 heavy (non-hydrogen) atoms. The highest BCUT2D eigenvalue weighted by molar-refractivity contribution is 6.01. The third-order valence-electron chi connectivity index (χ3n) is 4.72. The molecule has 0 bridgehead atoms. The van der Waals surface area contributed by atoms with Gasteiger partial charge in [-0.3, -0.25) is 9.78 Å². The van der Waals surface area contributed by atoms with Crippen LogP contribution >= 0.6 is 0 Å². The number of pyridine rings is 1. The van der Waals surface area contributed by atoms with Gasteiger partial charge in [0.1, 0.15) is 11.6 Å². The summed E-state index contributed by atoms with van der Waals surface area (Å²) in [4.78, 5) is 26.1. The van der Waals surface area contributed by atoms with E-state index in [0.717, 1.165) is 22.2 Å². The highest BCUT2D eigenvalue weighted by atomic mass is 16.5. The van der Waals surface area contributed by atoms with E-state index in [-0.39, 0.29) is 5.91 Å². The molecule has 0 atom stereocenters. The van der Waals surface area contributed by atoms with Crippen molar-refractivity contribution in [3.05, 3.63) is 72.1 Å². The molecule has 7 nitrogen and oxygen atoms in total. The van der Waals surface area contributed by atoms with Gasteiger partial charge in [0.2, 0.25) is 0 Å². The Kier molecular flexibility index (Phi) is 5.26. The van der Waals surface area contributed by atoms with Crippen LogP contribution in [0, 0.1) is 6.92 Å². The number of anilines is 2. The fraction of sp³-hybridized carbons (Fsp3) is 0.130. The Labute approximate surface area is 174 Å². The molecule has 1 amide bonds. The lowest BCUT2D eigenvalue weighted by molar-refractivity contribution is 0.0964. The molecule has 0 spiro atoms. The summed E-state index contributed by atoms with van der Waals surface area (Å²) in [5.74, 6) is 1.63. The zero-order chi connectivity index (χ0) is 21.1. The molecule has 0 aliphatic carbocycles. The predicted molar refractivity (Wildman–Crippen MR) is 117 cm³/mol. The minimum Gasteiger partial charge on any atom is -0.497 e. The number of rotatable bonds is 5. The zero-order valence-corrected chi connectivity index (χ0v) is 16.9. The molecule has 4 aromatic rings. The fourth-order valence-corrected chi connectivity index (χ4v) is 3.11. The number of methoxy groups -OCH3 is 1. The molecule has 2 N–H and O–H groups in total. The van der Waals surface area contributed by atoms with Crippen molar-refractivity contribution in [3.63, 3.8) is 0 Å². The second-order valence-electron chi connectivity index (χ2n) is 6.72. The topological polar surface area (TPSA) is 89.0 Å². The number of nitrogens with zero attached hydrogens (tertiary/aromatic N) is 3. The summed E-state index contributed by atoms with van der Waals surface area (Å²) in [6, 6.07) is 16.8. The minimum atomic E-state index is -0.183. The first-order valence-corrected chi connectivity index (χ1v) is 9.46. The number of hydrogen-bond donors (Lipinski definition) is 2. The van der Waals surface area contributed by atoms with Crippen LogP contribution in [-0.2, 0) is 0 Å². The van der Waals surface area contributed by atoms with Gasteiger partial charge in [0, 0.05) is 29.9 Å². The second-order valence-corrected chi connectivity index (χ2v) is 6.72. The van der Waals surface area contributed by atoms with Gasteiger partial charge in [0.15, 0.2) is 5.82 Å². The maximum Gasteiger partial charge on any atom is 0.253 e. The van der Waals surface area contributed by atoms with Gasteiger partial charge < -0.3 is 15.4 Å². The van der Waals surface area contributed by atoms with Gasteiger partial charge in [-0.25, -0.2) is 9.97 Å². The van der Waals surface area contributed by atoms with E-state index < -0.39 is 0 Å². The van der Waals surface area contributed by atoms with Crippen LogP contribution in [0.1, 0.15) is 16.1 Å². The molecular weight excluding hydrogens is 378 g/mol. The lowest BCUT2D eigenvalue weighted by atomic mass is 10.1. The number of amides is 1. The van der Waals surface area contributed by atoms with Crippen molar-refractivity contribution in [3.8, 4) is 17.1 Å². The van der Waals surface area contributed by atoms with Gasteiger partial charge in [-0.05, 0) is 49.4 Å². The Morgan fingerprint density at radius 2 is 1.87 bits per heavy atom. The number of aromatic nitrogens is 3. The number of aryl methyl sites for hydroxylation is 1. The maximum absolute atomic E-state index is 12.3. The SMILES string of the molecule is CNC(=O)c1ccccc1Nc1nc(-c2ccc(C)nc2)nc2ccc(OC)cc12. The van der Waals surface area contributed by atoms with Crippen molar-refractivity contribution in [2.45, 2.75) is 6.92 Å². The van der Waals surface area contributed by atoms with Gasteiger partial charge >= 0.3 is 0 Å². The summed E-state index contributed by atoms with van der Waals surface area (Å²) in [5.41, 5.74) is 3.64. The summed E-state index contributed by atoms with van der Waals surface area (Å²) in [6.07, 6.45) is 1.75. The summed E-state index contributed by atoms with van der Waals surface area (Å²) in [7, 11) is 3.22. The van der Waals surface area contributed by atoms with E-state index in [4.69, 9.17) is 14.7 Å². The maximum atomic E-state index is 12.3. The lowest BCUT2D eigenvalue weighted by Crippen LogP contribution is -2.19. The van der Waals surface area contributed by atoms with Crippen molar-refractivity contribution in [1.82, 2.24) is 20.3 Å². The Morgan fingerprint density at radius 3 is 2.60 bits per heavy atom. The molecule has 0 aliphatic heterocycles. The summed E-state index contributed by atoms with van der Waals surface area (Å²) in [6.45, 7) is 1.93. The van der Waals surface area contributed by atoms with E-state index in [0.29, 0.717) is 28.6 Å². The van der Waals surface area contributed by atoms with E-state index in [2.05, 4.69) is 15.6 Å². The molecule has 4 rings (SSSR count). The van der Waals surface area contributed by atoms with Crippen molar-refractivity contribution >= 4 is 28.3 Å². The third-order valence-corrected chi connectivity index (χ3v) is 4.72. The number of carbonyl (C=O) groups excluding carboxylic acids is 1. The largest absolute Gasteiger partial charge is 0.497 e. The standard InChI is InChI=1S/C23H21N5O2/c1-14-8-9-15(13-25-14)21-26-20-11-10-16(30-3)12-18(20)22(28-21)27-19-7-5-4-6-17(19)23(29)24-2/h4-13H,1-3H3,(H,24,29)(H,26,27,28). The zero-order valence-electron chi connectivity index (χ0n) is 16.9. The smallest absolute Gasteiger partial charge is 0.253 e. The Bertz CT molecular complexity index is 1220. The van der Waals surface area contributed by atoms with Gasteiger partial charge in [0.25, 0.3) is 5.91 Å². The third kappa shape index (κ3) is 3.77. The van der Waals surface area contributed by atoms with E-state index in [1.807, 2.05) is 55.5 Å². The first-order valence-electron chi connectivity index (χ1n) is 9.46. The van der Waals surface area contributed by atoms with Crippen LogP contribution in [-0.4, -0.2) is 35.0 Å². The van der Waals surface area contributed by atoms with Crippen LogP contribution in [0.5, 0.6) is 5.75 Å². The van der Waals surface area contributed by atoms with Crippen LogP contribution in [0.2, 0.25) is 0 Å². The average molecular weight is 399 g/mol. The molecule has 2 aromatic heterocycles. The highest BCUT2D eigenvalue weighted by Crippen LogP contribution is 2.31. The Morgan fingerprint density at radius 1 is 1.03 bits per heavy atom. The minimum absolute atomic E-state index is 0.183. The second kappa shape index (κ2) is 8.16. The van der Waals surface area contributed by atoms with E-state index in [1.54, 1.807) is 26.4 Å². The molecule has 2 heterocycles.